The van der Waals surface area contributed by atoms with Crippen LogP contribution in [0.5, 0.6) is 0 Å². The van der Waals surface area contributed by atoms with Gasteiger partial charge in [-0.3, -0.25) is 11.3 Å². The zero-order valence-electron chi connectivity index (χ0n) is 28.5. The van der Waals surface area contributed by atoms with E-state index < -0.39 is 0 Å². The van der Waals surface area contributed by atoms with Crippen molar-refractivity contribution in [1.82, 2.24) is 5.43 Å². The van der Waals surface area contributed by atoms with Crippen LogP contribution in [0.15, 0.2) is 170 Å². The van der Waals surface area contributed by atoms with Crippen LogP contribution in [0.3, 0.4) is 0 Å². The van der Waals surface area contributed by atoms with Gasteiger partial charge in [0.15, 0.2) is 0 Å². The van der Waals surface area contributed by atoms with E-state index in [1.54, 1.807) is 7.05 Å². The molecule has 0 bridgehead atoms. The van der Waals surface area contributed by atoms with Gasteiger partial charge >= 0.3 is 0 Å². The fourth-order valence-corrected chi connectivity index (χ4v) is 5.74. The van der Waals surface area contributed by atoms with Gasteiger partial charge in [0.1, 0.15) is 0 Å². The van der Waals surface area contributed by atoms with Crippen LogP contribution in [0.1, 0.15) is 23.6 Å². The number of nitrogens with one attached hydrogen (secondary N) is 1. The Morgan fingerprint density at radius 3 is 2.16 bits per heavy atom. The molecule has 0 saturated carbocycles. The molecule has 4 nitrogen and oxygen atoms in total. The Morgan fingerprint density at radius 2 is 1.47 bits per heavy atom. The fraction of sp³-hybridized carbons (Fsp3) is 0.0889. The van der Waals surface area contributed by atoms with Crippen molar-refractivity contribution in [2.75, 3.05) is 24.7 Å². The van der Waals surface area contributed by atoms with Crippen LogP contribution in [0.2, 0.25) is 0 Å². The molecule has 0 aliphatic heterocycles. The van der Waals surface area contributed by atoms with E-state index in [0.717, 1.165) is 17.7 Å². The summed E-state index contributed by atoms with van der Waals surface area (Å²) in [5.74, 6) is 4.60. The normalized spacial score (nSPS) is 12.3. The summed E-state index contributed by atoms with van der Waals surface area (Å²) in [6.45, 7) is 2.04. The molecule has 0 heterocycles. The molecule has 0 fully saturated rings. The van der Waals surface area contributed by atoms with E-state index in [0.29, 0.717) is 0 Å². The van der Waals surface area contributed by atoms with Crippen LogP contribution in [0.25, 0.3) is 28.3 Å². The van der Waals surface area contributed by atoms with Gasteiger partial charge in [-0.2, -0.15) is 0 Å². The molecule has 7 rings (SSSR count). The second-order valence-electron chi connectivity index (χ2n) is 11.7. The molecule has 0 aromatic heterocycles. The fourth-order valence-electron chi connectivity index (χ4n) is 5.74. The van der Waals surface area contributed by atoms with E-state index in [2.05, 4.69) is 150 Å². The van der Waals surface area contributed by atoms with Crippen molar-refractivity contribution < 1.29 is 0 Å². The minimum atomic E-state index is 0.807. The number of nitrogen functional groups attached to an aromatic ring is 1. The van der Waals surface area contributed by atoms with E-state index in [9.17, 15) is 0 Å². The average molecular weight is 641 g/mol. The number of rotatable bonds is 8. The molecule has 0 saturated heterocycles. The van der Waals surface area contributed by atoms with E-state index in [1.165, 1.54) is 55.2 Å². The summed E-state index contributed by atoms with van der Waals surface area (Å²) < 4.78 is 0. The quantitative estimate of drug-likeness (QED) is 0.0526. The monoisotopic (exact) mass is 640 g/mol. The first-order valence-corrected chi connectivity index (χ1v) is 16.5. The molecular weight excluding hydrogens is 597 g/mol. The van der Waals surface area contributed by atoms with Crippen molar-refractivity contribution in [3.63, 3.8) is 0 Å². The van der Waals surface area contributed by atoms with Gasteiger partial charge in [-0.15, -0.1) is 5.73 Å². The van der Waals surface area contributed by atoms with Gasteiger partial charge in [0.25, 0.3) is 0 Å². The van der Waals surface area contributed by atoms with Gasteiger partial charge in [0.05, 0.1) is 5.69 Å². The molecule has 4 heteroatoms. The van der Waals surface area contributed by atoms with Crippen molar-refractivity contribution in [2.45, 2.75) is 13.3 Å². The summed E-state index contributed by atoms with van der Waals surface area (Å²) in [4.78, 5) is 2.30. The minimum Gasteiger partial charge on any atom is -0.399 e. The lowest BCUT2D eigenvalue weighted by atomic mass is 9.93. The number of hydrogen-bond acceptors (Lipinski definition) is 4. The van der Waals surface area contributed by atoms with Gasteiger partial charge in [-0.25, -0.2) is 0 Å². The van der Waals surface area contributed by atoms with Gasteiger partial charge in [-0.05, 0) is 113 Å². The highest BCUT2D eigenvalue weighted by Gasteiger charge is 2.16. The molecule has 49 heavy (non-hydrogen) atoms. The van der Waals surface area contributed by atoms with Crippen molar-refractivity contribution in [3.8, 4) is 11.1 Å². The zero-order valence-corrected chi connectivity index (χ0v) is 28.5. The van der Waals surface area contributed by atoms with Gasteiger partial charge < -0.3 is 10.6 Å². The van der Waals surface area contributed by atoms with E-state index in [4.69, 9.17) is 5.73 Å². The maximum atomic E-state index is 5.70. The lowest BCUT2D eigenvalue weighted by Crippen LogP contribution is -2.35. The Balaban J connectivity index is 0.000000242. The third kappa shape index (κ3) is 9.13. The minimum absolute atomic E-state index is 0.807. The van der Waals surface area contributed by atoms with Crippen molar-refractivity contribution in [2.24, 2.45) is 5.84 Å². The van der Waals surface area contributed by atoms with Crippen LogP contribution in [0, 0.1) is 0 Å². The van der Waals surface area contributed by atoms with E-state index in [-0.39, 0.29) is 0 Å². The highest BCUT2D eigenvalue weighted by molar-refractivity contribution is 5.93. The summed E-state index contributed by atoms with van der Waals surface area (Å²) in [6, 6.07) is 42.3. The molecular formula is C45H44N4. The SMILES string of the molecule is C/C=C\C=C/C1=c2cc(N(C)c3cccc(Cc4ccccc4)c3)c(C3=C=CC=C3)cc2=C1.CNN.Nc1cccc(-c2ccccc2)c1. The summed E-state index contributed by atoms with van der Waals surface area (Å²) in [7, 11) is 3.81. The Morgan fingerprint density at radius 1 is 0.776 bits per heavy atom. The molecule has 0 radical (unpaired) electrons. The van der Waals surface area contributed by atoms with Gasteiger partial charge in [-0.1, -0.05) is 115 Å². The van der Waals surface area contributed by atoms with E-state index >= 15 is 0 Å². The van der Waals surface area contributed by atoms with Gasteiger partial charge in [0.2, 0.25) is 0 Å². The lowest BCUT2D eigenvalue weighted by Gasteiger charge is -2.25. The first-order chi connectivity index (χ1) is 24.0. The number of nitrogens with zero attached hydrogens (tertiary/aromatic N) is 1. The molecule has 0 atom stereocenters. The van der Waals surface area contributed by atoms with Crippen molar-refractivity contribution in [3.05, 3.63) is 197 Å². The highest BCUT2D eigenvalue weighted by Crippen LogP contribution is 2.32. The largest absolute Gasteiger partial charge is 0.399 e. The van der Waals surface area contributed by atoms with Crippen LogP contribution < -0.4 is 32.3 Å². The maximum Gasteiger partial charge on any atom is 0.0500 e. The number of allylic oxidation sites excluding steroid dienone is 7. The molecule has 2 aliphatic carbocycles. The lowest BCUT2D eigenvalue weighted by molar-refractivity contribution is 0.900. The maximum absolute atomic E-state index is 5.70. The second-order valence-corrected chi connectivity index (χ2v) is 11.7. The number of hydrogen-bond donors (Lipinski definition) is 3. The standard InChI is InChI=1S/C32H27N.C12H11N.CH6N2/c1-3-4-6-17-27-21-28-22-31(26-15-9-10-16-26)32(23-30(27)28)33(2)29-18-11-14-25(20-29)19-24-12-7-5-8-13-24;13-12-8-4-7-11(9-12)10-5-2-1-3-6-10;1-3-2/h3-15,17-18,20-23H,19H2,1-2H3;1-9H,13H2;3H,2H2,1H3/b4-3-,17-6-;;. The number of hydrazine groups is 1. The van der Waals surface area contributed by atoms with E-state index in [1.807, 2.05) is 55.5 Å². The van der Waals surface area contributed by atoms with Crippen LogP contribution in [0.4, 0.5) is 17.1 Å². The molecule has 5 aromatic carbocycles. The Kier molecular flexibility index (Phi) is 12.2. The molecule has 0 spiro atoms. The molecule has 5 aromatic rings. The average Bonchev–Trinajstić information content (AvgIpc) is 3.67. The Hall–Kier alpha value is -5.90. The molecule has 0 amide bonds. The summed E-state index contributed by atoms with van der Waals surface area (Å²) in [6.07, 6.45) is 17.8. The predicted molar refractivity (Wildman–Crippen MR) is 211 cm³/mol. The number of fused-ring (bicyclic) bond motifs is 1. The van der Waals surface area contributed by atoms with Crippen molar-refractivity contribution >= 4 is 34.3 Å². The third-order valence-corrected chi connectivity index (χ3v) is 8.16. The summed E-state index contributed by atoms with van der Waals surface area (Å²) >= 11 is 0. The Bertz CT molecular complexity index is 2150. The number of nitrogens with two attached hydrogens (primary N) is 2. The first kappa shape index (κ1) is 34.4. The predicted octanol–water partition coefficient (Wildman–Crippen LogP) is 8.25. The number of anilines is 3. The molecule has 244 valence electrons. The summed E-state index contributed by atoms with van der Waals surface area (Å²) in [5.41, 5.74) is 23.2. The zero-order chi connectivity index (χ0) is 34.4. The molecule has 2 aliphatic rings. The smallest absolute Gasteiger partial charge is 0.0500 e. The number of benzene rings is 5. The van der Waals surface area contributed by atoms with Crippen molar-refractivity contribution in [1.29, 1.82) is 0 Å². The topological polar surface area (TPSA) is 67.3 Å². The second kappa shape index (κ2) is 17.3. The highest BCUT2D eigenvalue weighted by atomic mass is 15.2. The van der Waals surface area contributed by atoms with Crippen LogP contribution >= 0.6 is 0 Å². The van der Waals surface area contributed by atoms with Crippen LogP contribution in [-0.2, 0) is 6.42 Å². The Labute approximate surface area is 290 Å². The van der Waals surface area contributed by atoms with Crippen LogP contribution in [-0.4, -0.2) is 14.1 Å². The molecule has 0 unspecified atom stereocenters. The summed E-state index contributed by atoms with van der Waals surface area (Å²) in [5, 5.41) is 2.59. The first-order valence-electron chi connectivity index (χ1n) is 16.5. The third-order valence-electron chi connectivity index (χ3n) is 8.16. The van der Waals surface area contributed by atoms with Gasteiger partial charge in [0, 0.05) is 29.6 Å². The molecule has 5 N–H and O–H groups in total.